The lowest BCUT2D eigenvalue weighted by Gasteiger charge is -2.13. The topological polar surface area (TPSA) is 96.3 Å². The van der Waals surface area contributed by atoms with Gasteiger partial charge in [-0.1, -0.05) is 5.11 Å². The first-order valence-electron chi connectivity index (χ1n) is 5.15. The van der Waals surface area contributed by atoms with Crippen LogP contribution in [0, 0.1) is 6.92 Å². The molecule has 1 aromatic carbocycles. The third-order valence-electron chi connectivity index (χ3n) is 2.28. The van der Waals surface area contributed by atoms with E-state index in [4.69, 9.17) is 15.0 Å². The Hall–Kier alpha value is -2.40. The summed E-state index contributed by atoms with van der Waals surface area (Å²) in [7, 11) is 3.05. The molecule has 1 rings (SSSR count). The predicted octanol–water partition coefficient (Wildman–Crippen LogP) is 2.26. The van der Waals surface area contributed by atoms with Crippen LogP contribution in [0.2, 0.25) is 0 Å². The molecule has 1 aromatic rings. The van der Waals surface area contributed by atoms with Crippen LogP contribution >= 0.6 is 0 Å². The fourth-order valence-electron chi connectivity index (χ4n) is 1.40. The summed E-state index contributed by atoms with van der Waals surface area (Å²) in [6.45, 7) is 1.58. The van der Waals surface area contributed by atoms with Gasteiger partial charge in [-0.3, -0.25) is 4.79 Å². The number of nitrogens with one attached hydrogen (secondary N) is 1. The predicted molar refractivity (Wildman–Crippen MR) is 66.9 cm³/mol. The van der Waals surface area contributed by atoms with Crippen molar-refractivity contribution < 1.29 is 14.3 Å². The Bertz CT molecular complexity index is 495. The van der Waals surface area contributed by atoms with Crippen molar-refractivity contribution in [2.45, 2.75) is 6.92 Å². The van der Waals surface area contributed by atoms with E-state index in [-0.39, 0.29) is 12.5 Å². The van der Waals surface area contributed by atoms with E-state index in [9.17, 15) is 4.79 Å². The Balaban J connectivity index is 2.95. The first kappa shape index (κ1) is 13.7. The minimum Gasteiger partial charge on any atom is -0.493 e. The number of hydrogen-bond acceptors (Lipinski definition) is 4. The second-order valence-corrected chi connectivity index (χ2v) is 3.46. The van der Waals surface area contributed by atoms with Gasteiger partial charge >= 0.3 is 0 Å². The molecule has 0 aliphatic heterocycles. The SMILES string of the molecule is COc1cc(C)c(NC(=O)CN=[N+]=[N-])cc1OC. The third-order valence-corrected chi connectivity index (χ3v) is 2.28. The Morgan fingerprint density at radius 3 is 2.56 bits per heavy atom. The minimum atomic E-state index is -0.386. The van der Waals surface area contributed by atoms with Crippen LogP contribution < -0.4 is 14.8 Å². The minimum absolute atomic E-state index is 0.246. The maximum absolute atomic E-state index is 11.4. The summed E-state index contributed by atoms with van der Waals surface area (Å²) in [6, 6.07) is 3.41. The van der Waals surface area contributed by atoms with Crippen LogP contribution in [-0.4, -0.2) is 26.7 Å². The zero-order valence-electron chi connectivity index (χ0n) is 10.4. The standard InChI is InChI=1S/C11H14N4O3/c1-7-4-9(17-2)10(18-3)5-8(7)14-11(16)6-13-15-12/h4-5H,6H2,1-3H3,(H,14,16). The quantitative estimate of drug-likeness (QED) is 0.493. The molecule has 0 saturated carbocycles. The van der Waals surface area contributed by atoms with Crippen LogP contribution in [0.4, 0.5) is 5.69 Å². The third kappa shape index (κ3) is 3.29. The van der Waals surface area contributed by atoms with E-state index in [1.54, 1.807) is 12.1 Å². The fourth-order valence-corrected chi connectivity index (χ4v) is 1.40. The average molecular weight is 250 g/mol. The lowest BCUT2D eigenvalue weighted by molar-refractivity contribution is -0.114. The number of nitrogens with zero attached hydrogens (tertiary/aromatic N) is 3. The van der Waals surface area contributed by atoms with E-state index in [0.29, 0.717) is 17.2 Å². The van der Waals surface area contributed by atoms with Crippen molar-refractivity contribution in [3.05, 3.63) is 28.1 Å². The molecular formula is C11H14N4O3. The van der Waals surface area contributed by atoms with Crippen molar-refractivity contribution >= 4 is 11.6 Å². The molecule has 0 radical (unpaired) electrons. The van der Waals surface area contributed by atoms with Crippen molar-refractivity contribution in [2.24, 2.45) is 5.11 Å². The molecule has 0 heterocycles. The molecule has 96 valence electrons. The molecule has 7 heteroatoms. The number of ether oxygens (including phenoxy) is 2. The highest BCUT2D eigenvalue weighted by Crippen LogP contribution is 2.32. The van der Waals surface area contributed by atoms with Gasteiger partial charge in [-0.2, -0.15) is 0 Å². The summed E-state index contributed by atoms with van der Waals surface area (Å²) in [5.41, 5.74) is 9.54. The van der Waals surface area contributed by atoms with E-state index < -0.39 is 0 Å². The number of anilines is 1. The van der Waals surface area contributed by atoms with Gasteiger partial charge in [0.1, 0.15) is 6.54 Å². The molecular weight excluding hydrogens is 236 g/mol. The number of azide groups is 1. The van der Waals surface area contributed by atoms with Gasteiger partial charge in [0.25, 0.3) is 0 Å². The van der Waals surface area contributed by atoms with Crippen molar-refractivity contribution in [3.63, 3.8) is 0 Å². The van der Waals surface area contributed by atoms with E-state index in [0.717, 1.165) is 5.56 Å². The van der Waals surface area contributed by atoms with Crippen LogP contribution in [0.15, 0.2) is 17.2 Å². The summed E-state index contributed by atoms with van der Waals surface area (Å²) in [5.74, 6) is 0.716. The number of carbonyl (C=O) groups excluding carboxylic acids is 1. The van der Waals surface area contributed by atoms with Crippen LogP contribution in [0.3, 0.4) is 0 Å². The summed E-state index contributed by atoms with van der Waals surface area (Å²) < 4.78 is 10.3. The Morgan fingerprint density at radius 2 is 2.00 bits per heavy atom. The first-order chi connectivity index (χ1) is 8.62. The summed E-state index contributed by atoms with van der Waals surface area (Å²) in [6.07, 6.45) is 0. The number of hydrogen-bond donors (Lipinski definition) is 1. The number of aryl methyl sites for hydroxylation is 1. The van der Waals surface area contributed by atoms with Crippen molar-refractivity contribution in [1.82, 2.24) is 0 Å². The number of rotatable bonds is 5. The van der Waals surface area contributed by atoms with Crippen LogP contribution in [-0.2, 0) is 4.79 Å². The molecule has 1 N–H and O–H groups in total. The Morgan fingerprint density at radius 1 is 1.39 bits per heavy atom. The molecule has 0 saturated heterocycles. The van der Waals surface area contributed by atoms with Crippen molar-refractivity contribution in [1.29, 1.82) is 0 Å². The van der Waals surface area contributed by atoms with Crippen molar-refractivity contribution in [2.75, 3.05) is 26.1 Å². The van der Waals surface area contributed by atoms with Gasteiger partial charge in [0, 0.05) is 16.7 Å². The van der Waals surface area contributed by atoms with E-state index in [1.807, 2.05) is 6.92 Å². The van der Waals surface area contributed by atoms with Gasteiger partial charge < -0.3 is 14.8 Å². The second kappa shape index (κ2) is 6.36. The summed E-state index contributed by atoms with van der Waals surface area (Å²) in [5, 5.41) is 5.82. The molecule has 18 heavy (non-hydrogen) atoms. The molecule has 0 fully saturated rings. The van der Waals surface area contributed by atoms with Crippen LogP contribution in [0.5, 0.6) is 11.5 Å². The Labute approximate surface area is 104 Å². The molecule has 0 bridgehead atoms. The molecule has 0 unspecified atom stereocenters. The first-order valence-corrected chi connectivity index (χ1v) is 5.15. The van der Waals surface area contributed by atoms with Gasteiger partial charge in [-0.15, -0.1) is 0 Å². The smallest absolute Gasteiger partial charge is 0.230 e. The normalized spacial score (nSPS) is 9.28. The van der Waals surface area contributed by atoms with Gasteiger partial charge in [0.2, 0.25) is 5.91 Å². The number of carbonyl (C=O) groups is 1. The molecule has 0 aliphatic carbocycles. The van der Waals surface area contributed by atoms with E-state index >= 15 is 0 Å². The second-order valence-electron chi connectivity index (χ2n) is 3.46. The lowest BCUT2D eigenvalue weighted by Crippen LogP contribution is -2.15. The largest absolute Gasteiger partial charge is 0.493 e. The van der Waals surface area contributed by atoms with Gasteiger partial charge in [0.15, 0.2) is 11.5 Å². The molecule has 0 aliphatic rings. The van der Waals surface area contributed by atoms with E-state index in [2.05, 4.69) is 15.3 Å². The highest BCUT2D eigenvalue weighted by Gasteiger charge is 2.10. The summed E-state index contributed by atoms with van der Waals surface area (Å²) >= 11 is 0. The average Bonchev–Trinajstić information content (AvgIpc) is 2.38. The number of benzene rings is 1. The number of amides is 1. The molecule has 7 nitrogen and oxygen atoms in total. The number of methoxy groups -OCH3 is 2. The highest BCUT2D eigenvalue weighted by atomic mass is 16.5. The van der Waals surface area contributed by atoms with E-state index in [1.165, 1.54) is 14.2 Å². The lowest BCUT2D eigenvalue weighted by atomic mass is 10.1. The van der Waals surface area contributed by atoms with Gasteiger partial charge in [-0.05, 0) is 24.1 Å². The maximum atomic E-state index is 11.4. The van der Waals surface area contributed by atoms with Crippen LogP contribution in [0.25, 0.3) is 10.4 Å². The zero-order valence-corrected chi connectivity index (χ0v) is 10.4. The maximum Gasteiger partial charge on any atom is 0.230 e. The molecule has 0 aromatic heterocycles. The highest BCUT2D eigenvalue weighted by molar-refractivity contribution is 5.93. The van der Waals surface area contributed by atoms with Crippen molar-refractivity contribution in [3.8, 4) is 11.5 Å². The fraction of sp³-hybridized carbons (Fsp3) is 0.364. The monoisotopic (exact) mass is 250 g/mol. The zero-order chi connectivity index (χ0) is 13.5. The Kier molecular flexibility index (Phi) is 4.83. The molecule has 0 spiro atoms. The molecule has 1 amide bonds. The van der Waals surface area contributed by atoms with Gasteiger partial charge in [-0.25, -0.2) is 0 Å². The van der Waals surface area contributed by atoms with Gasteiger partial charge in [0.05, 0.1) is 14.2 Å². The summed E-state index contributed by atoms with van der Waals surface area (Å²) in [4.78, 5) is 13.9. The molecule has 0 atom stereocenters. The van der Waals surface area contributed by atoms with Crippen LogP contribution in [0.1, 0.15) is 5.56 Å².